The van der Waals surface area contributed by atoms with E-state index >= 15 is 0 Å². The highest BCUT2D eigenvalue weighted by Gasteiger charge is 2.37. The van der Waals surface area contributed by atoms with Crippen LogP contribution in [0.2, 0.25) is 0 Å². The lowest BCUT2D eigenvalue weighted by atomic mass is 9.92. The van der Waals surface area contributed by atoms with Crippen LogP contribution in [0.1, 0.15) is 128 Å². The molecule has 93 heavy (non-hydrogen) atoms. The Morgan fingerprint density at radius 3 is 0.645 bits per heavy atom. The average Bonchev–Trinajstić information content (AvgIpc) is 2.29. The molecule has 0 atom stereocenters. The summed E-state index contributed by atoms with van der Waals surface area (Å²) in [6, 6.07) is 0. The molecule has 0 unspecified atom stereocenters. The Hall–Kier alpha value is -8.00. The predicted octanol–water partition coefficient (Wildman–Crippen LogP) is -2.32. The maximum atomic E-state index is 12.4. The van der Waals surface area contributed by atoms with E-state index in [-0.39, 0.29) is 284 Å². The van der Waals surface area contributed by atoms with Gasteiger partial charge < -0.3 is 78.5 Å². The van der Waals surface area contributed by atoms with Crippen molar-refractivity contribution in [2.75, 3.05) is 132 Å². The van der Waals surface area contributed by atoms with Gasteiger partial charge in [0.15, 0.2) is 0 Å². The van der Waals surface area contributed by atoms with Crippen molar-refractivity contribution in [3.63, 3.8) is 0 Å². The van der Waals surface area contributed by atoms with Crippen molar-refractivity contribution in [3.05, 3.63) is 0 Å². The summed E-state index contributed by atoms with van der Waals surface area (Å²) in [5.41, 5.74) is -1.00. The SMILES string of the molecule is O=C(CCCC(=O)ON1C(=O)CCC1=O)NCCOCCOCC(COCCOCCNC(=O)CCCC(=O)ON1C(=O)CCC1=O)(COCCOCCNC(=O)CCCC(=O)ON1C(=O)CCC1=O)COCCOCCNC(=O)CCCC(=O)ON1C(=O)CCC1=O. The molecule has 4 aliphatic rings. The van der Waals surface area contributed by atoms with Crippen molar-refractivity contribution in [2.24, 2.45) is 5.41 Å². The first kappa shape index (κ1) is 77.4. The van der Waals surface area contributed by atoms with Gasteiger partial charge in [0.05, 0.1) is 111 Å². The minimum atomic E-state index is -1.00. The molecule has 520 valence electrons. The van der Waals surface area contributed by atoms with Crippen molar-refractivity contribution in [1.82, 2.24) is 41.5 Å². The van der Waals surface area contributed by atoms with Crippen LogP contribution in [0.25, 0.3) is 0 Å². The average molecular weight is 1330 g/mol. The lowest BCUT2D eigenvalue weighted by Crippen LogP contribution is -2.43. The summed E-state index contributed by atoms with van der Waals surface area (Å²) in [4.78, 5) is 211. The summed E-state index contributed by atoms with van der Waals surface area (Å²) in [5, 5.41) is 12.4. The molecule has 4 aliphatic heterocycles. The molecule has 4 heterocycles. The molecule has 0 bridgehead atoms. The van der Waals surface area contributed by atoms with E-state index < -0.39 is 76.5 Å². The van der Waals surface area contributed by atoms with Gasteiger partial charge in [-0.1, -0.05) is 0 Å². The number of ether oxygens (including phenoxy) is 8. The maximum absolute atomic E-state index is 12.4. The number of hydrogen-bond acceptors (Lipinski definition) is 28. The van der Waals surface area contributed by atoms with Gasteiger partial charge in [0.25, 0.3) is 47.3 Å². The zero-order valence-corrected chi connectivity index (χ0v) is 52.0. The fraction of sp³-hybridized carbons (Fsp3) is 0.719. The van der Waals surface area contributed by atoms with Gasteiger partial charge in [-0.25, -0.2) is 19.2 Å². The summed E-state index contributed by atoms with van der Waals surface area (Å²) in [5.74, 6) is -9.65. The first-order valence-electron chi connectivity index (χ1n) is 30.7. The van der Waals surface area contributed by atoms with E-state index in [9.17, 15) is 76.7 Å². The zero-order valence-electron chi connectivity index (χ0n) is 52.0. The Morgan fingerprint density at radius 2 is 0.452 bits per heavy atom. The predicted molar refractivity (Wildman–Crippen MR) is 305 cm³/mol. The number of nitrogens with zero attached hydrogens (tertiary/aromatic N) is 4. The van der Waals surface area contributed by atoms with Crippen LogP contribution in [0.3, 0.4) is 0 Å². The smallest absolute Gasteiger partial charge is 0.333 e. The van der Waals surface area contributed by atoms with Gasteiger partial charge in [-0.05, 0) is 25.7 Å². The summed E-state index contributed by atoms with van der Waals surface area (Å²) in [6.07, 6.45) is -0.868. The number of hydrogen-bond donors (Lipinski definition) is 4. The van der Waals surface area contributed by atoms with Gasteiger partial charge in [0.1, 0.15) is 0 Å². The van der Waals surface area contributed by atoms with E-state index in [1.165, 1.54) is 0 Å². The van der Waals surface area contributed by atoms with Gasteiger partial charge in [-0.3, -0.25) is 57.5 Å². The van der Waals surface area contributed by atoms with Gasteiger partial charge in [0.2, 0.25) is 23.6 Å². The second-order valence-electron chi connectivity index (χ2n) is 21.2. The molecule has 0 saturated carbocycles. The van der Waals surface area contributed by atoms with Crippen LogP contribution in [-0.2, 0) is 134 Å². The van der Waals surface area contributed by atoms with Crippen LogP contribution in [0, 0.1) is 5.41 Å². The van der Waals surface area contributed by atoms with Crippen molar-refractivity contribution >= 4 is 94.8 Å². The molecule has 0 aromatic rings. The molecule has 4 fully saturated rings. The van der Waals surface area contributed by atoms with Crippen molar-refractivity contribution < 1.29 is 134 Å². The lowest BCUT2D eigenvalue weighted by molar-refractivity contribution is -0.197. The molecule has 0 aromatic carbocycles. The van der Waals surface area contributed by atoms with Crippen molar-refractivity contribution in [1.29, 1.82) is 0 Å². The fourth-order valence-electron chi connectivity index (χ4n) is 8.48. The highest BCUT2D eigenvalue weighted by Crippen LogP contribution is 2.22. The Labute approximate surface area is 534 Å². The molecule has 4 rings (SSSR count). The first-order chi connectivity index (χ1) is 44.7. The molecule has 4 N–H and O–H groups in total. The molecule has 0 spiro atoms. The maximum Gasteiger partial charge on any atom is 0.333 e. The second kappa shape index (κ2) is 44.5. The van der Waals surface area contributed by atoms with Crippen molar-refractivity contribution in [2.45, 2.75) is 128 Å². The number of nitrogens with one attached hydrogen (secondary N) is 4. The standard InChI is InChI=1S/C57H84N8O28/c66-41(5-1-9-53(78)90-62-45(70)13-14-46(62)71)58-21-25-82-29-33-86-37-57(38-87-34-30-83-26-22-59-42(67)6-2-10-54(79)91-63-47(72)15-16-48(63)73,39-88-35-31-84-27-23-60-43(68)7-3-11-55(80)92-64-49(74)17-18-50(64)75)40-89-36-32-85-28-24-61-44(69)8-4-12-56(81)93-65-51(76)19-20-52(65)77/h1-40H2,(H,58,66)(H,59,67)(H,60,68)(H,61,69). The van der Waals surface area contributed by atoms with Gasteiger partial charge in [0, 0.05) is 129 Å². The Kier molecular flexibility index (Phi) is 37.1. The highest BCUT2D eigenvalue weighted by molar-refractivity contribution is 6.03. The Morgan fingerprint density at radius 1 is 0.269 bits per heavy atom. The molecular formula is C57H84N8O28. The molecule has 0 aromatic heterocycles. The number of rotatable bonds is 52. The van der Waals surface area contributed by atoms with Crippen LogP contribution in [0.15, 0.2) is 0 Å². The topological polar surface area (TPSA) is 445 Å². The molecule has 36 heteroatoms. The second-order valence-corrected chi connectivity index (χ2v) is 21.2. The fourth-order valence-corrected chi connectivity index (χ4v) is 8.48. The minimum absolute atomic E-state index is 0.00699. The number of carbonyl (C=O) groups excluding carboxylic acids is 16. The number of amides is 12. The van der Waals surface area contributed by atoms with Crippen LogP contribution in [0.4, 0.5) is 0 Å². The van der Waals surface area contributed by atoms with E-state index in [1.54, 1.807) is 0 Å². The molecular weight excluding hydrogens is 1240 g/mol. The van der Waals surface area contributed by atoms with E-state index in [0.717, 1.165) is 0 Å². The van der Waals surface area contributed by atoms with E-state index in [0.29, 0.717) is 20.3 Å². The quantitative estimate of drug-likeness (QED) is 0.0367. The summed E-state index contributed by atoms with van der Waals surface area (Å²) >= 11 is 0. The lowest BCUT2D eigenvalue weighted by Gasteiger charge is -2.33. The summed E-state index contributed by atoms with van der Waals surface area (Å²) in [6.45, 7) is 1.53. The minimum Gasteiger partial charge on any atom is -0.378 e. The molecule has 0 radical (unpaired) electrons. The zero-order chi connectivity index (χ0) is 67.6. The largest absolute Gasteiger partial charge is 0.378 e. The van der Waals surface area contributed by atoms with E-state index in [1.807, 2.05) is 0 Å². The third-order valence-corrected chi connectivity index (χ3v) is 13.3. The molecule has 36 nitrogen and oxygen atoms in total. The summed E-state index contributed by atoms with van der Waals surface area (Å²) < 4.78 is 47.0. The molecule has 4 saturated heterocycles. The summed E-state index contributed by atoms with van der Waals surface area (Å²) in [7, 11) is 0. The van der Waals surface area contributed by atoms with Gasteiger partial charge >= 0.3 is 23.9 Å². The van der Waals surface area contributed by atoms with Crippen LogP contribution in [-0.4, -0.2) is 247 Å². The van der Waals surface area contributed by atoms with Crippen LogP contribution >= 0.6 is 0 Å². The van der Waals surface area contributed by atoms with Crippen LogP contribution < -0.4 is 21.3 Å². The number of carbonyl (C=O) groups is 16. The third-order valence-electron chi connectivity index (χ3n) is 13.3. The normalized spacial score (nSPS) is 15.0. The van der Waals surface area contributed by atoms with Crippen molar-refractivity contribution in [3.8, 4) is 0 Å². The van der Waals surface area contributed by atoms with Gasteiger partial charge in [-0.15, -0.1) is 20.3 Å². The van der Waals surface area contributed by atoms with E-state index in [2.05, 4.69) is 21.3 Å². The number of hydroxylamine groups is 8. The Bertz CT molecular complexity index is 2160. The monoisotopic (exact) mass is 1330 g/mol. The Balaban J connectivity index is 1.22. The van der Waals surface area contributed by atoms with Crippen LogP contribution in [0.5, 0.6) is 0 Å². The first-order valence-corrected chi connectivity index (χ1v) is 30.7. The highest BCUT2D eigenvalue weighted by atomic mass is 16.7. The van der Waals surface area contributed by atoms with Gasteiger partial charge in [-0.2, -0.15) is 0 Å². The molecule has 12 amide bonds. The number of imide groups is 4. The molecule has 0 aliphatic carbocycles. The third kappa shape index (κ3) is 32.4. The van der Waals surface area contributed by atoms with E-state index in [4.69, 9.17) is 57.2 Å².